The lowest BCUT2D eigenvalue weighted by Gasteiger charge is -2.11. The van der Waals surface area contributed by atoms with Crippen LogP contribution in [0.15, 0.2) is 58.4 Å². The normalized spacial score (nSPS) is 11.6. The monoisotopic (exact) mass is 457 g/mol. The van der Waals surface area contributed by atoms with Crippen molar-refractivity contribution in [3.8, 4) is 0 Å². The van der Waals surface area contributed by atoms with Gasteiger partial charge in [0.2, 0.25) is 5.43 Å². The number of nitrogens with one attached hydrogen (secondary N) is 3. The standard InChI is InChI=1S/C23H27N3O5S/c1-15(2)16-5-7-17(8-6-16)26-32(29,30)18-9-10-21-19(13-18)22(27)20(14-25-21)23(28)24-11-4-12-31-3/h5-10,13-15,26H,4,11-12H2,1-3H3,(H,24,28)(H,25,27). The van der Waals surface area contributed by atoms with Gasteiger partial charge in [-0.2, -0.15) is 0 Å². The van der Waals surface area contributed by atoms with Gasteiger partial charge in [0.1, 0.15) is 5.56 Å². The predicted octanol–water partition coefficient (Wildman–Crippen LogP) is 3.22. The number of carbonyl (C=O) groups is 1. The molecule has 0 unspecified atom stereocenters. The zero-order valence-corrected chi connectivity index (χ0v) is 19.1. The summed E-state index contributed by atoms with van der Waals surface area (Å²) in [6.45, 7) is 4.96. The minimum absolute atomic E-state index is 0.0684. The Morgan fingerprint density at radius 1 is 1.12 bits per heavy atom. The first-order valence-electron chi connectivity index (χ1n) is 10.3. The van der Waals surface area contributed by atoms with Crippen molar-refractivity contribution in [3.05, 3.63) is 70.0 Å². The molecular formula is C23H27N3O5S. The molecule has 1 heterocycles. The number of aromatic nitrogens is 1. The summed E-state index contributed by atoms with van der Waals surface area (Å²) in [5.41, 5.74) is 1.33. The number of fused-ring (bicyclic) bond motifs is 1. The van der Waals surface area contributed by atoms with Crippen LogP contribution in [0.4, 0.5) is 5.69 Å². The number of anilines is 1. The highest BCUT2D eigenvalue weighted by atomic mass is 32.2. The van der Waals surface area contributed by atoms with Crippen LogP contribution in [0.25, 0.3) is 10.9 Å². The largest absolute Gasteiger partial charge is 0.385 e. The van der Waals surface area contributed by atoms with Gasteiger partial charge in [-0.1, -0.05) is 26.0 Å². The van der Waals surface area contributed by atoms with E-state index in [1.54, 1.807) is 19.2 Å². The lowest BCUT2D eigenvalue weighted by atomic mass is 10.0. The Bertz CT molecular complexity index is 1270. The molecule has 0 atom stereocenters. The lowest BCUT2D eigenvalue weighted by Crippen LogP contribution is -2.30. The first kappa shape index (κ1) is 23.5. The van der Waals surface area contributed by atoms with Gasteiger partial charge < -0.3 is 15.0 Å². The van der Waals surface area contributed by atoms with Gasteiger partial charge in [0.25, 0.3) is 15.9 Å². The van der Waals surface area contributed by atoms with Gasteiger partial charge in [-0.25, -0.2) is 8.42 Å². The van der Waals surface area contributed by atoms with Gasteiger partial charge in [0.15, 0.2) is 0 Å². The number of H-pyrrole nitrogens is 1. The highest BCUT2D eigenvalue weighted by Gasteiger charge is 2.18. The van der Waals surface area contributed by atoms with Crippen LogP contribution in [0.2, 0.25) is 0 Å². The SMILES string of the molecule is COCCCNC(=O)c1c[nH]c2ccc(S(=O)(=O)Nc3ccc(C(C)C)cc3)cc2c1=O. The van der Waals surface area contributed by atoms with Crippen LogP contribution in [-0.2, 0) is 14.8 Å². The van der Waals surface area contributed by atoms with Gasteiger partial charge in [0, 0.05) is 43.0 Å². The summed E-state index contributed by atoms with van der Waals surface area (Å²) in [6, 6.07) is 11.3. The number of amides is 1. The molecule has 1 amide bonds. The van der Waals surface area contributed by atoms with Gasteiger partial charge in [-0.3, -0.25) is 14.3 Å². The van der Waals surface area contributed by atoms with Crippen LogP contribution in [0.1, 0.15) is 42.1 Å². The molecule has 0 aliphatic heterocycles. The molecule has 32 heavy (non-hydrogen) atoms. The highest BCUT2D eigenvalue weighted by Crippen LogP contribution is 2.21. The number of hydrogen-bond donors (Lipinski definition) is 3. The van der Waals surface area contributed by atoms with Gasteiger partial charge >= 0.3 is 0 Å². The first-order chi connectivity index (χ1) is 15.2. The van der Waals surface area contributed by atoms with Crippen molar-refractivity contribution < 1.29 is 17.9 Å². The van der Waals surface area contributed by atoms with E-state index < -0.39 is 21.4 Å². The Balaban J connectivity index is 1.88. The Hall–Kier alpha value is -3.17. The fraction of sp³-hybridized carbons (Fsp3) is 0.304. The average molecular weight is 458 g/mol. The molecule has 3 rings (SSSR count). The van der Waals surface area contributed by atoms with Crippen molar-refractivity contribution in [2.24, 2.45) is 0 Å². The second kappa shape index (κ2) is 9.97. The molecule has 1 aromatic heterocycles. The van der Waals surface area contributed by atoms with Gasteiger partial charge in [0.05, 0.1) is 4.90 Å². The molecule has 0 aliphatic carbocycles. The summed E-state index contributed by atoms with van der Waals surface area (Å²) in [5, 5.41) is 2.78. The summed E-state index contributed by atoms with van der Waals surface area (Å²) < 4.78 is 33.2. The number of methoxy groups -OCH3 is 1. The third kappa shape index (κ3) is 5.35. The fourth-order valence-electron chi connectivity index (χ4n) is 3.20. The van der Waals surface area contributed by atoms with E-state index >= 15 is 0 Å². The topological polar surface area (TPSA) is 117 Å². The maximum absolute atomic E-state index is 12.9. The molecule has 0 aliphatic rings. The van der Waals surface area contributed by atoms with Crippen LogP contribution in [-0.4, -0.2) is 39.6 Å². The summed E-state index contributed by atoms with van der Waals surface area (Å²) in [4.78, 5) is 28.1. The molecule has 0 fully saturated rings. The molecule has 0 bridgehead atoms. The predicted molar refractivity (Wildman–Crippen MR) is 125 cm³/mol. The van der Waals surface area contributed by atoms with Crippen LogP contribution in [0.5, 0.6) is 0 Å². The van der Waals surface area contributed by atoms with Crippen molar-refractivity contribution in [1.82, 2.24) is 10.3 Å². The van der Waals surface area contributed by atoms with Crippen LogP contribution in [0.3, 0.4) is 0 Å². The van der Waals surface area contributed by atoms with Crippen molar-refractivity contribution in [3.63, 3.8) is 0 Å². The average Bonchev–Trinajstić information content (AvgIpc) is 2.76. The molecule has 0 saturated heterocycles. The van der Waals surface area contributed by atoms with Crippen molar-refractivity contribution in [1.29, 1.82) is 0 Å². The third-order valence-corrected chi connectivity index (χ3v) is 6.43. The van der Waals surface area contributed by atoms with Crippen LogP contribution in [0, 0.1) is 0 Å². The van der Waals surface area contributed by atoms with E-state index in [0.717, 1.165) is 5.56 Å². The summed E-state index contributed by atoms with van der Waals surface area (Å²) in [6.07, 6.45) is 1.94. The van der Waals surface area contributed by atoms with E-state index in [4.69, 9.17) is 4.74 Å². The number of hydrogen-bond acceptors (Lipinski definition) is 5. The molecule has 8 nitrogen and oxygen atoms in total. The zero-order valence-electron chi connectivity index (χ0n) is 18.3. The molecule has 170 valence electrons. The maximum Gasteiger partial charge on any atom is 0.261 e. The molecule has 3 N–H and O–H groups in total. The minimum Gasteiger partial charge on any atom is -0.385 e. The van der Waals surface area contributed by atoms with Crippen molar-refractivity contribution in [2.45, 2.75) is 31.1 Å². The smallest absolute Gasteiger partial charge is 0.261 e. The second-order valence-electron chi connectivity index (χ2n) is 7.72. The molecular weight excluding hydrogens is 430 g/mol. The quantitative estimate of drug-likeness (QED) is 0.427. The van der Waals surface area contributed by atoms with Crippen molar-refractivity contribution in [2.75, 3.05) is 25.0 Å². The number of rotatable bonds is 9. The Kier molecular flexibility index (Phi) is 7.32. The Morgan fingerprint density at radius 3 is 2.50 bits per heavy atom. The number of carbonyl (C=O) groups excluding carboxylic acids is 1. The number of aromatic amines is 1. The summed E-state index contributed by atoms with van der Waals surface area (Å²) in [7, 11) is -2.36. The number of pyridine rings is 1. The minimum atomic E-state index is -3.93. The lowest BCUT2D eigenvalue weighted by molar-refractivity contribution is 0.0947. The number of benzene rings is 2. The molecule has 0 radical (unpaired) electrons. The first-order valence-corrected chi connectivity index (χ1v) is 11.8. The Morgan fingerprint density at radius 2 is 1.84 bits per heavy atom. The molecule has 9 heteroatoms. The van der Waals surface area contributed by atoms with Crippen molar-refractivity contribution >= 4 is 32.5 Å². The van der Waals surface area contributed by atoms with E-state index in [0.29, 0.717) is 36.7 Å². The molecule has 3 aromatic rings. The van der Waals surface area contributed by atoms with Gasteiger partial charge in [-0.15, -0.1) is 0 Å². The Labute approximate surface area is 187 Å². The van der Waals surface area contributed by atoms with E-state index in [-0.39, 0.29) is 15.8 Å². The van der Waals surface area contributed by atoms with E-state index in [2.05, 4.69) is 28.9 Å². The second-order valence-corrected chi connectivity index (χ2v) is 9.41. The van der Waals surface area contributed by atoms with Crippen LogP contribution >= 0.6 is 0 Å². The highest BCUT2D eigenvalue weighted by molar-refractivity contribution is 7.92. The van der Waals surface area contributed by atoms with E-state index in [1.807, 2.05) is 12.1 Å². The summed E-state index contributed by atoms with van der Waals surface area (Å²) in [5.74, 6) is -0.194. The molecule has 0 saturated carbocycles. The molecule has 0 spiro atoms. The number of sulfonamides is 1. The van der Waals surface area contributed by atoms with Gasteiger partial charge in [-0.05, 0) is 48.2 Å². The zero-order chi connectivity index (χ0) is 23.3. The third-order valence-electron chi connectivity index (χ3n) is 5.05. The number of ether oxygens (including phenoxy) is 1. The van der Waals surface area contributed by atoms with E-state index in [9.17, 15) is 18.0 Å². The summed E-state index contributed by atoms with van der Waals surface area (Å²) >= 11 is 0. The maximum atomic E-state index is 12.9. The fourth-order valence-corrected chi connectivity index (χ4v) is 4.28. The molecule has 2 aromatic carbocycles. The van der Waals surface area contributed by atoms with E-state index in [1.165, 1.54) is 24.4 Å². The van der Waals surface area contributed by atoms with Crippen LogP contribution < -0.4 is 15.5 Å².